The quantitative estimate of drug-likeness (QED) is 0.683. The lowest BCUT2D eigenvalue weighted by Crippen LogP contribution is -2.30. The third kappa shape index (κ3) is 3.42. The number of nitrogens with one attached hydrogen (secondary N) is 1. The minimum absolute atomic E-state index is 0.173. The zero-order valence-electron chi connectivity index (χ0n) is 10.6. The van der Waals surface area contributed by atoms with Crippen molar-refractivity contribution in [3.63, 3.8) is 0 Å². The van der Waals surface area contributed by atoms with Gasteiger partial charge in [0.25, 0.3) is 21.6 Å². The normalized spacial score (nSPS) is 10.9. The van der Waals surface area contributed by atoms with Crippen molar-refractivity contribution < 1.29 is 18.1 Å². The van der Waals surface area contributed by atoms with Gasteiger partial charge < -0.3 is 0 Å². The molecule has 1 N–H and O–H groups in total. The molecule has 0 aromatic heterocycles. The van der Waals surface area contributed by atoms with Gasteiger partial charge in [-0.25, -0.2) is 13.1 Å². The summed E-state index contributed by atoms with van der Waals surface area (Å²) in [5.41, 5.74) is -0.198. The maximum absolute atomic E-state index is 12.0. The molecular weight excluding hydrogens is 296 g/mol. The lowest BCUT2D eigenvalue weighted by atomic mass is 10.2. The number of sulfonamides is 1. The molecule has 108 valence electrons. The number of nitrogens with zero attached hydrogens (tertiary/aromatic N) is 1. The number of hydrogen-bond acceptors (Lipinski definition) is 5. The van der Waals surface area contributed by atoms with Gasteiger partial charge in [-0.2, -0.15) is 0 Å². The Kier molecular flexibility index (Phi) is 3.99. The lowest BCUT2D eigenvalue weighted by molar-refractivity contribution is -0.385. The molecule has 21 heavy (non-hydrogen) atoms. The topological polar surface area (TPSA) is 106 Å². The van der Waals surface area contributed by atoms with Crippen molar-refractivity contribution in [1.29, 1.82) is 0 Å². The van der Waals surface area contributed by atoms with E-state index in [0.717, 1.165) is 12.1 Å². The fraction of sp³-hybridized carbons (Fsp3) is 0. The van der Waals surface area contributed by atoms with E-state index < -0.39 is 20.9 Å². The van der Waals surface area contributed by atoms with Gasteiger partial charge >= 0.3 is 0 Å². The van der Waals surface area contributed by atoms with Crippen LogP contribution in [0.2, 0.25) is 0 Å². The van der Waals surface area contributed by atoms with Crippen molar-refractivity contribution in [2.45, 2.75) is 4.90 Å². The van der Waals surface area contributed by atoms with Gasteiger partial charge in [0.2, 0.25) is 0 Å². The average Bonchev–Trinajstić information content (AvgIpc) is 2.48. The third-order valence-electron chi connectivity index (χ3n) is 2.60. The van der Waals surface area contributed by atoms with Crippen LogP contribution in [0.1, 0.15) is 10.4 Å². The van der Waals surface area contributed by atoms with Gasteiger partial charge in [0, 0.05) is 17.7 Å². The Morgan fingerprint density at radius 3 is 2.33 bits per heavy atom. The molecule has 2 rings (SSSR count). The van der Waals surface area contributed by atoms with Crippen LogP contribution in [0.15, 0.2) is 59.5 Å². The SMILES string of the molecule is O=C(NS(=O)(=O)c1cccc([N+](=O)[O-])c1)c1ccccc1. The number of nitro groups is 1. The van der Waals surface area contributed by atoms with Crippen LogP contribution in [0.5, 0.6) is 0 Å². The zero-order valence-corrected chi connectivity index (χ0v) is 11.4. The maximum Gasteiger partial charge on any atom is 0.270 e. The lowest BCUT2D eigenvalue weighted by Gasteiger charge is -2.06. The van der Waals surface area contributed by atoms with Crippen LogP contribution < -0.4 is 4.72 Å². The molecule has 0 heterocycles. The van der Waals surface area contributed by atoms with E-state index in [0.29, 0.717) is 0 Å². The standard InChI is InChI=1S/C13H10N2O5S/c16-13(10-5-2-1-3-6-10)14-21(19,20)12-8-4-7-11(9-12)15(17)18/h1-9H,(H,14,16). The summed E-state index contributed by atoms with van der Waals surface area (Å²) in [6.45, 7) is 0. The molecule has 0 unspecified atom stereocenters. The van der Waals surface area contributed by atoms with E-state index >= 15 is 0 Å². The van der Waals surface area contributed by atoms with Gasteiger partial charge in [-0.3, -0.25) is 14.9 Å². The molecule has 0 fully saturated rings. The van der Waals surface area contributed by atoms with E-state index in [1.54, 1.807) is 18.2 Å². The van der Waals surface area contributed by atoms with E-state index in [1.807, 2.05) is 4.72 Å². The van der Waals surface area contributed by atoms with E-state index in [2.05, 4.69) is 0 Å². The average molecular weight is 306 g/mol. The highest BCUT2D eigenvalue weighted by Gasteiger charge is 2.20. The summed E-state index contributed by atoms with van der Waals surface area (Å²) in [6, 6.07) is 12.2. The minimum atomic E-state index is -4.17. The molecule has 2 aromatic rings. The first kappa shape index (κ1) is 14.7. The number of hydrogen-bond donors (Lipinski definition) is 1. The molecule has 7 nitrogen and oxygen atoms in total. The van der Waals surface area contributed by atoms with Crippen molar-refractivity contribution in [2.75, 3.05) is 0 Å². The van der Waals surface area contributed by atoms with Crippen molar-refractivity contribution >= 4 is 21.6 Å². The van der Waals surface area contributed by atoms with Gasteiger partial charge in [-0.1, -0.05) is 24.3 Å². The summed E-state index contributed by atoms with van der Waals surface area (Å²) in [5.74, 6) is -0.804. The molecule has 0 atom stereocenters. The van der Waals surface area contributed by atoms with Crippen LogP contribution in [-0.4, -0.2) is 19.2 Å². The monoisotopic (exact) mass is 306 g/mol. The minimum Gasteiger partial charge on any atom is -0.268 e. The molecule has 1 amide bonds. The second-order valence-corrected chi connectivity index (χ2v) is 5.74. The van der Waals surface area contributed by atoms with Crippen molar-refractivity contribution in [3.05, 3.63) is 70.3 Å². The Balaban J connectivity index is 2.29. The van der Waals surface area contributed by atoms with Crippen LogP contribution in [0, 0.1) is 10.1 Å². The third-order valence-corrected chi connectivity index (χ3v) is 3.93. The second kappa shape index (κ2) is 5.71. The number of rotatable bonds is 4. The molecule has 0 aliphatic heterocycles. The molecule has 2 aromatic carbocycles. The summed E-state index contributed by atoms with van der Waals surface area (Å²) in [4.78, 5) is 21.4. The smallest absolute Gasteiger partial charge is 0.268 e. The molecule has 0 radical (unpaired) electrons. The molecular formula is C13H10N2O5S. The molecule has 0 aliphatic rings. The summed E-state index contributed by atoms with van der Waals surface area (Å²) in [6.07, 6.45) is 0. The van der Waals surface area contributed by atoms with Crippen molar-refractivity contribution in [2.24, 2.45) is 0 Å². The van der Waals surface area contributed by atoms with Crippen molar-refractivity contribution in [1.82, 2.24) is 4.72 Å². The largest absolute Gasteiger partial charge is 0.270 e. The summed E-state index contributed by atoms with van der Waals surface area (Å²) >= 11 is 0. The highest BCUT2D eigenvalue weighted by Crippen LogP contribution is 2.17. The molecule has 0 spiro atoms. The molecule has 0 bridgehead atoms. The zero-order chi connectivity index (χ0) is 15.5. The Bertz CT molecular complexity index is 787. The Hall–Kier alpha value is -2.74. The van der Waals surface area contributed by atoms with E-state index in [9.17, 15) is 23.3 Å². The number of carbonyl (C=O) groups excluding carboxylic acids is 1. The van der Waals surface area contributed by atoms with Gasteiger partial charge in [0.15, 0.2) is 0 Å². The number of non-ortho nitro benzene ring substituents is 1. The van der Waals surface area contributed by atoms with Crippen LogP contribution >= 0.6 is 0 Å². The van der Waals surface area contributed by atoms with E-state index in [1.165, 1.54) is 24.3 Å². The number of nitro benzene ring substituents is 1. The highest BCUT2D eigenvalue weighted by atomic mass is 32.2. The first-order valence-electron chi connectivity index (χ1n) is 5.77. The van der Waals surface area contributed by atoms with Crippen LogP contribution in [0.3, 0.4) is 0 Å². The Labute approximate surface area is 120 Å². The predicted molar refractivity (Wildman–Crippen MR) is 74.2 cm³/mol. The number of amides is 1. The second-order valence-electron chi connectivity index (χ2n) is 4.06. The van der Waals surface area contributed by atoms with Gasteiger partial charge in [-0.05, 0) is 18.2 Å². The predicted octanol–water partition coefficient (Wildman–Crippen LogP) is 1.71. The first-order chi connectivity index (χ1) is 9.90. The fourth-order valence-corrected chi connectivity index (χ4v) is 2.61. The van der Waals surface area contributed by atoms with Crippen LogP contribution in [0.4, 0.5) is 5.69 Å². The molecule has 0 saturated carbocycles. The van der Waals surface area contributed by atoms with Crippen molar-refractivity contribution in [3.8, 4) is 0 Å². The Morgan fingerprint density at radius 1 is 1.05 bits per heavy atom. The van der Waals surface area contributed by atoms with Gasteiger partial charge in [-0.15, -0.1) is 0 Å². The summed E-state index contributed by atoms with van der Waals surface area (Å²) in [7, 11) is -4.17. The number of benzene rings is 2. The highest BCUT2D eigenvalue weighted by molar-refractivity contribution is 7.90. The van der Waals surface area contributed by atoms with Crippen LogP contribution in [0.25, 0.3) is 0 Å². The molecule has 0 aliphatic carbocycles. The van der Waals surface area contributed by atoms with Gasteiger partial charge in [0.05, 0.1) is 9.82 Å². The van der Waals surface area contributed by atoms with Gasteiger partial charge in [0.1, 0.15) is 0 Å². The maximum atomic E-state index is 12.0. The Morgan fingerprint density at radius 2 is 1.71 bits per heavy atom. The van der Waals surface area contributed by atoms with E-state index in [4.69, 9.17) is 0 Å². The number of carbonyl (C=O) groups is 1. The first-order valence-corrected chi connectivity index (χ1v) is 7.25. The molecule has 8 heteroatoms. The van der Waals surface area contributed by atoms with E-state index in [-0.39, 0.29) is 16.1 Å². The fourth-order valence-electron chi connectivity index (χ4n) is 1.59. The molecule has 0 saturated heterocycles. The summed E-state index contributed by atoms with van der Waals surface area (Å²) < 4.78 is 25.9. The van der Waals surface area contributed by atoms with Crippen LogP contribution in [-0.2, 0) is 10.0 Å². The summed E-state index contributed by atoms with van der Waals surface area (Å²) in [5, 5.41) is 10.6.